The van der Waals surface area contributed by atoms with Crippen molar-refractivity contribution in [3.63, 3.8) is 0 Å². The van der Waals surface area contributed by atoms with Crippen LogP contribution in [-0.2, 0) is 16.8 Å². The summed E-state index contributed by atoms with van der Waals surface area (Å²) in [6, 6.07) is 1.94. The number of hydrogen-bond donors (Lipinski definition) is 1. The van der Waals surface area contributed by atoms with Crippen molar-refractivity contribution in [1.29, 1.82) is 0 Å². The molecule has 1 aliphatic rings. The van der Waals surface area contributed by atoms with Crippen LogP contribution in [0, 0.1) is 0 Å². The van der Waals surface area contributed by atoms with Gasteiger partial charge in [0.1, 0.15) is 0 Å². The van der Waals surface area contributed by atoms with Gasteiger partial charge in [-0.05, 0) is 42.2 Å². The summed E-state index contributed by atoms with van der Waals surface area (Å²) in [5, 5.41) is 22.0. The molecule has 1 N–H and O–H groups in total. The van der Waals surface area contributed by atoms with Gasteiger partial charge in [0, 0.05) is 12.3 Å². The molecule has 1 atom stereocenters. The minimum Gasteiger partial charge on any atom is -0.479 e. The summed E-state index contributed by atoms with van der Waals surface area (Å²) in [5.74, 6) is -0.426. The van der Waals surface area contributed by atoms with Crippen molar-refractivity contribution in [3.05, 3.63) is 34.3 Å². The minimum absolute atomic E-state index is 0.393. The smallest absolute Gasteiger partial charge is 0.333 e. The van der Waals surface area contributed by atoms with Crippen molar-refractivity contribution in [2.24, 2.45) is 0 Å². The molecular weight excluding hydrogens is 262 g/mol. The number of rotatable bonds is 5. The number of carboxylic acids is 1. The SMILES string of the molecule is CC(Cc1ccsc1)(C(=O)O)n1ncc(C2CC2)n1. The number of carboxylic acid groups (broad SMARTS) is 1. The van der Waals surface area contributed by atoms with Crippen LogP contribution in [0.15, 0.2) is 23.0 Å². The van der Waals surface area contributed by atoms with Gasteiger partial charge in [-0.15, -0.1) is 0 Å². The zero-order valence-corrected chi connectivity index (χ0v) is 11.4. The van der Waals surface area contributed by atoms with E-state index in [1.165, 1.54) is 4.80 Å². The van der Waals surface area contributed by atoms with Crippen molar-refractivity contribution in [2.45, 2.75) is 37.6 Å². The summed E-state index contributed by atoms with van der Waals surface area (Å²) in [5.41, 5.74) is 0.784. The van der Waals surface area contributed by atoms with E-state index in [1.54, 1.807) is 24.5 Å². The van der Waals surface area contributed by atoms with Gasteiger partial charge in [0.2, 0.25) is 0 Å². The fraction of sp³-hybridized carbons (Fsp3) is 0.462. The molecule has 2 heterocycles. The van der Waals surface area contributed by atoms with Gasteiger partial charge in [0.05, 0.1) is 11.9 Å². The number of thiophene rings is 1. The third-order valence-electron chi connectivity index (χ3n) is 3.54. The van der Waals surface area contributed by atoms with E-state index in [9.17, 15) is 9.90 Å². The van der Waals surface area contributed by atoms with Crippen molar-refractivity contribution in [2.75, 3.05) is 0 Å². The van der Waals surface area contributed by atoms with Gasteiger partial charge in [-0.25, -0.2) is 4.79 Å². The lowest BCUT2D eigenvalue weighted by Gasteiger charge is -2.23. The Kier molecular flexibility index (Phi) is 2.89. The molecular formula is C13H15N3O2S. The molecule has 0 amide bonds. The van der Waals surface area contributed by atoms with Crippen molar-refractivity contribution in [1.82, 2.24) is 15.0 Å². The highest BCUT2D eigenvalue weighted by atomic mass is 32.1. The summed E-state index contributed by atoms with van der Waals surface area (Å²) in [4.78, 5) is 13.0. The molecule has 3 rings (SSSR count). The maximum atomic E-state index is 11.6. The molecule has 1 saturated carbocycles. The first-order chi connectivity index (χ1) is 9.09. The summed E-state index contributed by atoms with van der Waals surface area (Å²) in [6.45, 7) is 1.67. The van der Waals surface area contributed by atoms with Crippen LogP contribution in [0.3, 0.4) is 0 Å². The molecule has 0 aliphatic heterocycles. The van der Waals surface area contributed by atoms with Crippen LogP contribution in [0.2, 0.25) is 0 Å². The lowest BCUT2D eigenvalue weighted by atomic mass is 9.95. The Balaban J connectivity index is 1.91. The number of carbonyl (C=O) groups is 1. The van der Waals surface area contributed by atoms with E-state index in [0.29, 0.717) is 12.3 Å². The highest BCUT2D eigenvalue weighted by Crippen LogP contribution is 2.39. The van der Waals surface area contributed by atoms with Crippen molar-refractivity contribution in [3.8, 4) is 0 Å². The van der Waals surface area contributed by atoms with E-state index in [1.807, 2.05) is 16.8 Å². The fourth-order valence-corrected chi connectivity index (χ4v) is 2.77. The highest BCUT2D eigenvalue weighted by molar-refractivity contribution is 7.07. The molecule has 1 fully saturated rings. The monoisotopic (exact) mass is 277 g/mol. The van der Waals surface area contributed by atoms with Gasteiger partial charge in [-0.3, -0.25) is 0 Å². The fourth-order valence-electron chi connectivity index (χ4n) is 2.10. The second kappa shape index (κ2) is 4.45. The first-order valence-electron chi connectivity index (χ1n) is 6.27. The van der Waals surface area contributed by atoms with Crippen LogP contribution in [0.25, 0.3) is 0 Å². The summed E-state index contributed by atoms with van der Waals surface area (Å²) in [6.07, 6.45) is 4.36. The summed E-state index contributed by atoms with van der Waals surface area (Å²) >= 11 is 1.56. The predicted octanol–water partition coefficient (Wildman–Crippen LogP) is 2.26. The molecule has 100 valence electrons. The molecule has 0 spiro atoms. The van der Waals surface area contributed by atoms with E-state index in [0.717, 1.165) is 24.1 Å². The van der Waals surface area contributed by atoms with Crippen LogP contribution in [0.4, 0.5) is 0 Å². The molecule has 19 heavy (non-hydrogen) atoms. The Morgan fingerprint density at radius 2 is 2.42 bits per heavy atom. The number of hydrogen-bond acceptors (Lipinski definition) is 4. The quantitative estimate of drug-likeness (QED) is 0.910. The molecule has 0 aromatic carbocycles. The Labute approximate surface area is 114 Å². The normalized spacial score (nSPS) is 18.2. The van der Waals surface area contributed by atoms with Gasteiger partial charge in [0.15, 0.2) is 5.54 Å². The second-order valence-electron chi connectivity index (χ2n) is 5.22. The summed E-state index contributed by atoms with van der Waals surface area (Å²) in [7, 11) is 0. The third-order valence-corrected chi connectivity index (χ3v) is 4.27. The molecule has 1 unspecified atom stereocenters. The van der Waals surface area contributed by atoms with Gasteiger partial charge in [0.25, 0.3) is 0 Å². The van der Waals surface area contributed by atoms with Crippen LogP contribution < -0.4 is 0 Å². The van der Waals surface area contributed by atoms with E-state index < -0.39 is 11.5 Å². The largest absolute Gasteiger partial charge is 0.479 e. The zero-order chi connectivity index (χ0) is 13.5. The standard InChI is InChI=1S/C13H15N3O2S/c1-13(12(17)18,6-9-4-5-19-8-9)16-14-7-11(15-16)10-2-3-10/h4-5,7-8,10H,2-3,6H2,1H3,(H,17,18). The van der Waals surface area contributed by atoms with Gasteiger partial charge >= 0.3 is 5.97 Å². The van der Waals surface area contributed by atoms with Crippen LogP contribution in [-0.4, -0.2) is 26.1 Å². The van der Waals surface area contributed by atoms with Crippen LogP contribution in [0.1, 0.15) is 36.9 Å². The molecule has 2 aromatic rings. The topological polar surface area (TPSA) is 68.0 Å². The molecule has 1 aliphatic carbocycles. The van der Waals surface area contributed by atoms with E-state index >= 15 is 0 Å². The third kappa shape index (κ3) is 2.28. The van der Waals surface area contributed by atoms with Crippen LogP contribution in [0.5, 0.6) is 0 Å². The molecule has 0 saturated heterocycles. The average Bonchev–Trinajstić information content (AvgIpc) is 2.91. The van der Waals surface area contributed by atoms with Crippen molar-refractivity contribution >= 4 is 17.3 Å². The predicted molar refractivity (Wildman–Crippen MR) is 71.3 cm³/mol. The van der Waals surface area contributed by atoms with E-state index in [4.69, 9.17) is 0 Å². The molecule has 2 aromatic heterocycles. The lowest BCUT2D eigenvalue weighted by Crippen LogP contribution is -2.42. The van der Waals surface area contributed by atoms with Crippen molar-refractivity contribution < 1.29 is 9.90 Å². The molecule has 6 heteroatoms. The Hall–Kier alpha value is -1.69. The number of aromatic nitrogens is 3. The maximum Gasteiger partial charge on any atom is 0.333 e. The lowest BCUT2D eigenvalue weighted by molar-refractivity contribution is -0.147. The molecule has 0 bridgehead atoms. The first-order valence-corrected chi connectivity index (χ1v) is 7.21. The van der Waals surface area contributed by atoms with Crippen LogP contribution >= 0.6 is 11.3 Å². The number of nitrogens with zero attached hydrogens (tertiary/aromatic N) is 3. The average molecular weight is 277 g/mol. The highest BCUT2D eigenvalue weighted by Gasteiger charge is 2.39. The minimum atomic E-state index is -1.13. The first kappa shape index (κ1) is 12.3. The Morgan fingerprint density at radius 1 is 1.63 bits per heavy atom. The Bertz CT molecular complexity index is 589. The maximum absolute atomic E-state index is 11.6. The Morgan fingerprint density at radius 3 is 3.00 bits per heavy atom. The van der Waals surface area contributed by atoms with Gasteiger partial charge in [-0.1, -0.05) is 0 Å². The van der Waals surface area contributed by atoms with Gasteiger partial charge in [-0.2, -0.15) is 26.3 Å². The van der Waals surface area contributed by atoms with Gasteiger partial charge < -0.3 is 5.11 Å². The summed E-state index contributed by atoms with van der Waals surface area (Å²) < 4.78 is 0. The molecule has 0 radical (unpaired) electrons. The second-order valence-corrected chi connectivity index (χ2v) is 6.00. The van der Waals surface area contributed by atoms with E-state index in [2.05, 4.69) is 10.2 Å². The number of aliphatic carboxylic acids is 1. The molecule has 5 nitrogen and oxygen atoms in total. The zero-order valence-electron chi connectivity index (χ0n) is 10.6. The van der Waals surface area contributed by atoms with E-state index in [-0.39, 0.29) is 0 Å².